The fourth-order valence-electron chi connectivity index (χ4n) is 1.76. The fraction of sp³-hybridized carbons (Fsp3) is 0.154. The highest BCUT2D eigenvalue weighted by molar-refractivity contribution is 6.08. The SMILES string of the molecule is Cc1cc(C)c(C(=O)c2ccncn2)c(F)c1. The highest BCUT2D eigenvalue weighted by Crippen LogP contribution is 2.18. The van der Waals surface area contributed by atoms with E-state index >= 15 is 0 Å². The standard InChI is InChI=1S/C13H11FN2O/c1-8-5-9(2)12(10(14)6-8)13(17)11-3-4-15-7-16-11/h3-7H,1-2H3. The second-order valence-corrected chi connectivity index (χ2v) is 3.86. The van der Waals surface area contributed by atoms with Gasteiger partial charge in [-0.25, -0.2) is 14.4 Å². The first kappa shape index (κ1) is 11.4. The summed E-state index contributed by atoms with van der Waals surface area (Å²) in [6.45, 7) is 3.50. The molecule has 86 valence electrons. The summed E-state index contributed by atoms with van der Waals surface area (Å²) >= 11 is 0. The van der Waals surface area contributed by atoms with Crippen molar-refractivity contribution in [1.82, 2.24) is 9.97 Å². The highest BCUT2D eigenvalue weighted by Gasteiger charge is 2.17. The molecule has 0 radical (unpaired) electrons. The van der Waals surface area contributed by atoms with Crippen LogP contribution in [-0.4, -0.2) is 15.8 Å². The molecule has 1 heterocycles. The number of aryl methyl sites for hydroxylation is 2. The van der Waals surface area contributed by atoms with Crippen molar-refractivity contribution in [2.75, 3.05) is 0 Å². The second kappa shape index (κ2) is 4.41. The van der Waals surface area contributed by atoms with Gasteiger partial charge in [0, 0.05) is 6.20 Å². The number of hydrogen-bond acceptors (Lipinski definition) is 3. The van der Waals surface area contributed by atoms with E-state index in [1.807, 2.05) is 0 Å². The van der Waals surface area contributed by atoms with Gasteiger partial charge in [0.15, 0.2) is 0 Å². The molecule has 0 saturated heterocycles. The van der Waals surface area contributed by atoms with E-state index in [4.69, 9.17) is 0 Å². The lowest BCUT2D eigenvalue weighted by atomic mass is 9.99. The number of aromatic nitrogens is 2. The summed E-state index contributed by atoms with van der Waals surface area (Å²) < 4.78 is 13.8. The van der Waals surface area contributed by atoms with Crippen LogP contribution >= 0.6 is 0 Å². The maximum atomic E-state index is 13.8. The van der Waals surface area contributed by atoms with E-state index < -0.39 is 11.6 Å². The van der Waals surface area contributed by atoms with Gasteiger partial charge in [-0.15, -0.1) is 0 Å². The molecule has 1 aromatic heterocycles. The maximum absolute atomic E-state index is 13.8. The van der Waals surface area contributed by atoms with E-state index in [-0.39, 0.29) is 11.3 Å². The Balaban J connectivity index is 2.52. The number of rotatable bonds is 2. The Morgan fingerprint density at radius 3 is 2.65 bits per heavy atom. The van der Waals surface area contributed by atoms with Crippen LogP contribution in [0, 0.1) is 19.7 Å². The largest absolute Gasteiger partial charge is 0.287 e. The summed E-state index contributed by atoms with van der Waals surface area (Å²) in [5.74, 6) is -0.923. The quantitative estimate of drug-likeness (QED) is 0.744. The lowest BCUT2D eigenvalue weighted by molar-refractivity contribution is 0.103. The molecule has 1 aromatic carbocycles. The predicted molar refractivity (Wildman–Crippen MR) is 61.3 cm³/mol. The summed E-state index contributed by atoms with van der Waals surface area (Å²) in [5.41, 5.74) is 1.69. The van der Waals surface area contributed by atoms with E-state index in [1.54, 1.807) is 19.9 Å². The summed E-state index contributed by atoms with van der Waals surface area (Å²) in [7, 11) is 0. The fourth-order valence-corrected chi connectivity index (χ4v) is 1.76. The molecule has 0 atom stereocenters. The van der Waals surface area contributed by atoms with Crippen molar-refractivity contribution in [3.63, 3.8) is 0 Å². The predicted octanol–water partition coefficient (Wildman–Crippen LogP) is 2.46. The Kier molecular flexibility index (Phi) is 2.95. The van der Waals surface area contributed by atoms with Gasteiger partial charge in [-0.1, -0.05) is 6.07 Å². The zero-order valence-corrected chi connectivity index (χ0v) is 9.57. The van der Waals surface area contributed by atoms with Crippen LogP contribution in [0.15, 0.2) is 30.7 Å². The molecule has 0 bridgehead atoms. The van der Waals surface area contributed by atoms with Gasteiger partial charge in [-0.05, 0) is 37.1 Å². The van der Waals surface area contributed by atoms with Crippen molar-refractivity contribution in [2.24, 2.45) is 0 Å². The number of carbonyl (C=O) groups is 1. The van der Waals surface area contributed by atoms with Gasteiger partial charge in [0.25, 0.3) is 0 Å². The molecule has 0 aliphatic rings. The zero-order valence-electron chi connectivity index (χ0n) is 9.57. The second-order valence-electron chi connectivity index (χ2n) is 3.86. The highest BCUT2D eigenvalue weighted by atomic mass is 19.1. The average Bonchev–Trinajstić information content (AvgIpc) is 2.28. The maximum Gasteiger partial charge on any atom is 0.214 e. The van der Waals surface area contributed by atoms with Gasteiger partial charge in [0.1, 0.15) is 17.8 Å². The normalized spacial score (nSPS) is 10.3. The summed E-state index contributed by atoms with van der Waals surface area (Å²) in [6, 6.07) is 4.60. The minimum absolute atomic E-state index is 0.0781. The van der Waals surface area contributed by atoms with E-state index in [0.717, 1.165) is 5.56 Å². The molecule has 0 saturated carbocycles. The number of benzene rings is 1. The Bertz CT molecular complexity index is 544. The number of ketones is 1. The Labute approximate surface area is 98.3 Å². The van der Waals surface area contributed by atoms with Crippen molar-refractivity contribution < 1.29 is 9.18 Å². The molecule has 2 aromatic rings. The molecule has 0 aliphatic carbocycles. The van der Waals surface area contributed by atoms with Crippen molar-refractivity contribution in [1.29, 1.82) is 0 Å². The third-order valence-electron chi connectivity index (χ3n) is 2.47. The molecule has 0 amide bonds. The number of halogens is 1. The third kappa shape index (κ3) is 2.20. The smallest absolute Gasteiger partial charge is 0.214 e. The molecule has 0 unspecified atom stereocenters. The van der Waals surface area contributed by atoms with Crippen LogP contribution in [0.3, 0.4) is 0 Å². The molecular formula is C13H11FN2O. The number of hydrogen-bond donors (Lipinski definition) is 0. The molecule has 0 spiro atoms. The van der Waals surface area contributed by atoms with E-state index in [1.165, 1.54) is 24.7 Å². The van der Waals surface area contributed by atoms with Crippen molar-refractivity contribution in [3.8, 4) is 0 Å². The van der Waals surface area contributed by atoms with Crippen LogP contribution in [0.1, 0.15) is 27.2 Å². The molecule has 17 heavy (non-hydrogen) atoms. The van der Waals surface area contributed by atoms with Gasteiger partial charge in [-0.3, -0.25) is 4.79 Å². The van der Waals surface area contributed by atoms with Crippen LogP contribution in [0.25, 0.3) is 0 Å². The monoisotopic (exact) mass is 230 g/mol. The first-order chi connectivity index (χ1) is 8.09. The number of carbonyl (C=O) groups excluding carboxylic acids is 1. The van der Waals surface area contributed by atoms with Gasteiger partial charge < -0.3 is 0 Å². The first-order valence-corrected chi connectivity index (χ1v) is 5.17. The third-order valence-corrected chi connectivity index (χ3v) is 2.47. The first-order valence-electron chi connectivity index (χ1n) is 5.17. The Hall–Kier alpha value is -2.10. The summed E-state index contributed by atoms with van der Waals surface area (Å²) in [5, 5.41) is 0. The molecule has 0 aliphatic heterocycles. The van der Waals surface area contributed by atoms with E-state index in [0.29, 0.717) is 5.56 Å². The topological polar surface area (TPSA) is 42.9 Å². The summed E-state index contributed by atoms with van der Waals surface area (Å²) in [6.07, 6.45) is 2.73. The van der Waals surface area contributed by atoms with Crippen LogP contribution in [0.5, 0.6) is 0 Å². The molecule has 0 fully saturated rings. The zero-order chi connectivity index (χ0) is 12.4. The van der Waals surface area contributed by atoms with E-state index in [2.05, 4.69) is 9.97 Å². The van der Waals surface area contributed by atoms with E-state index in [9.17, 15) is 9.18 Å². The van der Waals surface area contributed by atoms with Crippen LogP contribution in [-0.2, 0) is 0 Å². The molecule has 3 nitrogen and oxygen atoms in total. The Morgan fingerprint density at radius 1 is 1.29 bits per heavy atom. The van der Waals surface area contributed by atoms with Gasteiger partial charge in [0.05, 0.1) is 5.56 Å². The lowest BCUT2D eigenvalue weighted by Crippen LogP contribution is -2.09. The Morgan fingerprint density at radius 2 is 2.06 bits per heavy atom. The number of nitrogens with zero attached hydrogens (tertiary/aromatic N) is 2. The molecule has 0 N–H and O–H groups in total. The van der Waals surface area contributed by atoms with Crippen LogP contribution in [0.4, 0.5) is 4.39 Å². The molecule has 4 heteroatoms. The molecular weight excluding hydrogens is 219 g/mol. The van der Waals surface area contributed by atoms with Gasteiger partial charge >= 0.3 is 0 Å². The van der Waals surface area contributed by atoms with Crippen molar-refractivity contribution in [3.05, 3.63) is 58.9 Å². The minimum Gasteiger partial charge on any atom is -0.287 e. The van der Waals surface area contributed by atoms with Crippen molar-refractivity contribution >= 4 is 5.78 Å². The van der Waals surface area contributed by atoms with Gasteiger partial charge in [-0.2, -0.15) is 0 Å². The lowest BCUT2D eigenvalue weighted by Gasteiger charge is -2.07. The average molecular weight is 230 g/mol. The minimum atomic E-state index is -0.508. The van der Waals surface area contributed by atoms with Crippen molar-refractivity contribution in [2.45, 2.75) is 13.8 Å². The van der Waals surface area contributed by atoms with Crippen LogP contribution in [0.2, 0.25) is 0 Å². The van der Waals surface area contributed by atoms with Gasteiger partial charge in [0.2, 0.25) is 5.78 Å². The molecule has 2 rings (SSSR count). The van der Waals surface area contributed by atoms with Crippen LogP contribution < -0.4 is 0 Å². The summed E-state index contributed by atoms with van der Waals surface area (Å²) in [4.78, 5) is 19.6.